The fourth-order valence-corrected chi connectivity index (χ4v) is 3.72. The van der Waals surface area contributed by atoms with Gasteiger partial charge in [-0.15, -0.1) is 0 Å². The highest BCUT2D eigenvalue weighted by atomic mass is 14.6. The highest BCUT2D eigenvalue weighted by molar-refractivity contribution is 5.65. The maximum absolute atomic E-state index is 6.27. The third-order valence-corrected chi connectivity index (χ3v) is 5.67. The lowest BCUT2D eigenvalue weighted by Gasteiger charge is -2.30. The zero-order valence-electron chi connectivity index (χ0n) is 16.2. The maximum Gasteiger partial charge on any atom is 0.0296 e. The Morgan fingerprint density at radius 1 is 0.500 bits per heavy atom. The Labute approximate surface area is 167 Å². The van der Waals surface area contributed by atoms with Gasteiger partial charge in [0.2, 0.25) is 0 Å². The molecule has 0 aliphatic rings. The van der Waals surface area contributed by atoms with Gasteiger partial charge >= 0.3 is 0 Å². The minimum absolute atomic E-state index is 0.218. The Hall–Kier alpha value is -3.16. The summed E-state index contributed by atoms with van der Waals surface area (Å²) in [5, 5.41) is 0. The molecule has 4 aromatic carbocycles. The molecule has 0 heterocycles. The van der Waals surface area contributed by atoms with Crippen LogP contribution in [0.4, 0.5) is 0 Å². The summed E-state index contributed by atoms with van der Waals surface area (Å²) in [4.78, 5) is 0. The van der Waals surface area contributed by atoms with Crippen LogP contribution in [0.1, 0.15) is 18.1 Å². The molecule has 4 aromatic rings. The van der Waals surface area contributed by atoms with E-state index < -0.39 is 0 Å². The zero-order valence-corrected chi connectivity index (χ0v) is 16.2. The summed E-state index contributed by atoms with van der Waals surface area (Å²) in [5.41, 5.74) is 13.4. The highest BCUT2D eigenvalue weighted by Crippen LogP contribution is 2.33. The van der Waals surface area contributed by atoms with Crippen LogP contribution < -0.4 is 5.73 Å². The van der Waals surface area contributed by atoms with Crippen LogP contribution in [-0.4, -0.2) is 6.54 Å². The highest BCUT2D eigenvalue weighted by Gasteiger charge is 2.27. The Balaban J connectivity index is 1.65. The number of benzene rings is 4. The second-order valence-electron chi connectivity index (χ2n) is 7.42. The van der Waals surface area contributed by atoms with E-state index in [0.717, 1.165) is 0 Å². The van der Waals surface area contributed by atoms with Gasteiger partial charge in [0.25, 0.3) is 0 Å². The molecule has 0 fully saturated rings. The van der Waals surface area contributed by atoms with Gasteiger partial charge in [-0.05, 0) is 33.4 Å². The monoisotopic (exact) mass is 363 g/mol. The fraction of sp³-hybridized carbons (Fsp3) is 0.111. The molecule has 0 spiro atoms. The van der Waals surface area contributed by atoms with Gasteiger partial charge in [-0.3, -0.25) is 0 Å². The van der Waals surface area contributed by atoms with E-state index in [-0.39, 0.29) is 5.41 Å². The van der Waals surface area contributed by atoms with Crippen molar-refractivity contribution in [1.82, 2.24) is 0 Å². The SMILES string of the molecule is CC(CN)(c1ccc(-c2ccccc2)cc1)c1ccc(-c2ccccc2)cc1. The number of rotatable bonds is 5. The van der Waals surface area contributed by atoms with Crippen LogP contribution in [-0.2, 0) is 5.41 Å². The van der Waals surface area contributed by atoms with Crippen LogP contribution in [0.5, 0.6) is 0 Å². The molecular formula is C27H25N. The van der Waals surface area contributed by atoms with Crippen molar-refractivity contribution in [2.75, 3.05) is 6.54 Å². The first-order valence-electron chi connectivity index (χ1n) is 9.73. The summed E-state index contributed by atoms with van der Waals surface area (Å²) in [6.45, 7) is 2.78. The van der Waals surface area contributed by atoms with E-state index in [1.165, 1.54) is 33.4 Å². The van der Waals surface area contributed by atoms with Crippen molar-refractivity contribution in [3.63, 3.8) is 0 Å². The average molecular weight is 364 g/mol. The molecule has 0 saturated heterocycles. The van der Waals surface area contributed by atoms with Crippen molar-refractivity contribution in [2.24, 2.45) is 5.73 Å². The van der Waals surface area contributed by atoms with Gasteiger partial charge in [-0.25, -0.2) is 0 Å². The molecule has 0 amide bonds. The predicted octanol–water partition coefficient (Wildman–Crippen LogP) is 6.29. The Kier molecular flexibility index (Phi) is 5.10. The topological polar surface area (TPSA) is 26.0 Å². The summed E-state index contributed by atoms with van der Waals surface area (Å²) in [6, 6.07) is 38.5. The molecule has 4 rings (SSSR count). The summed E-state index contributed by atoms with van der Waals surface area (Å²) in [6.07, 6.45) is 0. The Morgan fingerprint density at radius 3 is 1.14 bits per heavy atom. The van der Waals surface area contributed by atoms with Crippen LogP contribution >= 0.6 is 0 Å². The van der Waals surface area contributed by atoms with Gasteiger partial charge in [-0.2, -0.15) is 0 Å². The zero-order chi connectivity index (χ0) is 19.4. The fourth-order valence-electron chi connectivity index (χ4n) is 3.72. The molecular weight excluding hydrogens is 338 g/mol. The molecule has 2 N–H and O–H groups in total. The smallest absolute Gasteiger partial charge is 0.0296 e. The molecule has 1 heteroatoms. The quantitative estimate of drug-likeness (QED) is 0.443. The lowest BCUT2D eigenvalue weighted by molar-refractivity contribution is 0.584. The average Bonchev–Trinajstić information content (AvgIpc) is 2.80. The molecule has 0 saturated carbocycles. The number of hydrogen-bond acceptors (Lipinski definition) is 1. The van der Waals surface area contributed by atoms with Gasteiger partial charge in [0.15, 0.2) is 0 Å². The maximum atomic E-state index is 6.27. The lowest BCUT2D eigenvalue weighted by atomic mass is 9.75. The van der Waals surface area contributed by atoms with E-state index in [2.05, 4.69) is 104 Å². The minimum Gasteiger partial charge on any atom is -0.329 e. The van der Waals surface area contributed by atoms with Gasteiger partial charge in [0.1, 0.15) is 0 Å². The number of hydrogen-bond donors (Lipinski definition) is 1. The molecule has 0 bridgehead atoms. The van der Waals surface area contributed by atoms with E-state index in [1.807, 2.05) is 12.1 Å². The van der Waals surface area contributed by atoms with Crippen LogP contribution in [0.3, 0.4) is 0 Å². The van der Waals surface area contributed by atoms with E-state index in [4.69, 9.17) is 5.73 Å². The normalized spacial score (nSPS) is 11.4. The third kappa shape index (κ3) is 3.49. The van der Waals surface area contributed by atoms with E-state index in [9.17, 15) is 0 Å². The second kappa shape index (κ2) is 7.84. The molecule has 0 radical (unpaired) electrons. The largest absolute Gasteiger partial charge is 0.329 e. The first kappa shape index (κ1) is 18.2. The summed E-state index contributed by atoms with van der Waals surface area (Å²) >= 11 is 0. The molecule has 0 aliphatic carbocycles. The van der Waals surface area contributed by atoms with Gasteiger partial charge in [0.05, 0.1) is 0 Å². The Morgan fingerprint density at radius 2 is 0.821 bits per heavy atom. The summed E-state index contributed by atoms with van der Waals surface area (Å²) in [5.74, 6) is 0. The first-order valence-corrected chi connectivity index (χ1v) is 9.73. The van der Waals surface area contributed by atoms with Crippen molar-refractivity contribution >= 4 is 0 Å². The lowest BCUT2D eigenvalue weighted by Crippen LogP contribution is -2.33. The molecule has 138 valence electrons. The molecule has 0 aliphatic heterocycles. The van der Waals surface area contributed by atoms with E-state index >= 15 is 0 Å². The summed E-state index contributed by atoms with van der Waals surface area (Å²) in [7, 11) is 0. The molecule has 28 heavy (non-hydrogen) atoms. The minimum atomic E-state index is -0.218. The molecule has 1 nitrogen and oxygen atoms in total. The molecule has 0 atom stereocenters. The van der Waals surface area contributed by atoms with Gasteiger partial charge < -0.3 is 5.73 Å². The van der Waals surface area contributed by atoms with Gasteiger partial charge in [0, 0.05) is 12.0 Å². The first-order chi connectivity index (χ1) is 13.7. The van der Waals surface area contributed by atoms with Crippen molar-refractivity contribution < 1.29 is 0 Å². The van der Waals surface area contributed by atoms with Crippen molar-refractivity contribution in [2.45, 2.75) is 12.3 Å². The van der Waals surface area contributed by atoms with Crippen LogP contribution in [0.2, 0.25) is 0 Å². The number of nitrogens with two attached hydrogens (primary N) is 1. The van der Waals surface area contributed by atoms with Crippen molar-refractivity contribution in [3.05, 3.63) is 120 Å². The van der Waals surface area contributed by atoms with Crippen LogP contribution in [0.25, 0.3) is 22.3 Å². The van der Waals surface area contributed by atoms with Crippen LogP contribution in [0.15, 0.2) is 109 Å². The van der Waals surface area contributed by atoms with E-state index in [1.54, 1.807) is 0 Å². The molecule has 0 aromatic heterocycles. The predicted molar refractivity (Wildman–Crippen MR) is 119 cm³/mol. The standard InChI is InChI=1S/C27H25N/c1-27(20-28,25-16-12-23(13-17-25)21-8-4-2-5-9-21)26-18-14-24(15-19-26)22-10-6-3-7-11-22/h2-19H,20,28H2,1H3. The third-order valence-electron chi connectivity index (χ3n) is 5.67. The van der Waals surface area contributed by atoms with Crippen molar-refractivity contribution in [1.29, 1.82) is 0 Å². The summed E-state index contributed by atoms with van der Waals surface area (Å²) < 4.78 is 0. The second-order valence-corrected chi connectivity index (χ2v) is 7.42. The van der Waals surface area contributed by atoms with Crippen LogP contribution in [0, 0.1) is 0 Å². The Bertz CT molecular complexity index is 934. The van der Waals surface area contributed by atoms with E-state index in [0.29, 0.717) is 6.54 Å². The van der Waals surface area contributed by atoms with Gasteiger partial charge in [-0.1, -0.05) is 116 Å². The molecule has 0 unspecified atom stereocenters. The van der Waals surface area contributed by atoms with Crippen molar-refractivity contribution in [3.8, 4) is 22.3 Å².